The molecule has 6 heteroatoms. The average Bonchev–Trinajstić information content (AvgIpc) is 2.26. The molecule has 0 saturated carbocycles. The van der Waals surface area contributed by atoms with E-state index in [1.54, 1.807) is 11.9 Å². The summed E-state index contributed by atoms with van der Waals surface area (Å²) in [4.78, 5) is 24.6. The normalized spacial score (nSPS) is 24.1. The predicted molar refractivity (Wildman–Crippen MR) is 71.1 cm³/mol. The molecular weight excluding hydrogens is 248 g/mol. The fourth-order valence-electron chi connectivity index (χ4n) is 2.34. The first kappa shape index (κ1) is 15.8. The Morgan fingerprint density at radius 1 is 1.42 bits per heavy atom. The minimum atomic E-state index is -0.861. The number of carboxylic acid groups (broad SMARTS) is 1. The molecule has 0 radical (unpaired) electrons. The van der Waals surface area contributed by atoms with Gasteiger partial charge >= 0.3 is 12.1 Å². The molecule has 1 heterocycles. The first-order valence-corrected chi connectivity index (χ1v) is 6.56. The number of nitrogens with one attached hydrogen (secondary N) is 1. The minimum absolute atomic E-state index is 0.00278. The Bertz CT molecular complexity index is 351. The van der Waals surface area contributed by atoms with E-state index in [-0.39, 0.29) is 12.5 Å². The Balaban J connectivity index is 2.72. The third-order valence-corrected chi connectivity index (χ3v) is 3.25. The maximum atomic E-state index is 12.0. The largest absolute Gasteiger partial charge is 0.481 e. The van der Waals surface area contributed by atoms with Gasteiger partial charge in [-0.05, 0) is 40.7 Å². The molecule has 0 bridgehead atoms. The van der Waals surface area contributed by atoms with Crippen LogP contribution in [0.3, 0.4) is 0 Å². The van der Waals surface area contributed by atoms with Crippen molar-refractivity contribution in [3.8, 4) is 0 Å². The highest BCUT2D eigenvalue weighted by molar-refractivity contribution is 5.70. The summed E-state index contributed by atoms with van der Waals surface area (Å²) in [5, 5.41) is 12.1. The maximum absolute atomic E-state index is 12.0. The van der Waals surface area contributed by atoms with Crippen molar-refractivity contribution >= 4 is 12.1 Å². The summed E-state index contributed by atoms with van der Waals surface area (Å²) in [5.74, 6) is -0.861. The number of aliphatic carboxylic acids is 1. The number of hydrogen-bond donors (Lipinski definition) is 2. The summed E-state index contributed by atoms with van der Waals surface area (Å²) < 4.78 is 5.33. The van der Waals surface area contributed by atoms with Crippen LogP contribution in [0, 0.1) is 0 Å². The number of likely N-dealkylation sites (N-methyl/N-ethyl adjacent to an activating group) is 1. The molecule has 0 aromatic heterocycles. The lowest BCUT2D eigenvalue weighted by Gasteiger charge is -2.42. The van der Waals surface area contributed by atoms with Crippen LogP contribution in [-0.2, 0) is 9.53 Å². The molecule has 19 heavy (non-hydrogen) atoms. The third-order valence-electron chi connectivity index (χ3n) is 3.25. The smallest absolute Gasteiger partial charge is 0.410 e. The molecule has 1 aliphatic heterocycles. The fourth-order valence-corrected chi connectivity index (χ4v) is 2.34. The van der Waals surface area contributed by atoms with Crippen molar-refractivity contribution in [1.29, 1.82) is 0 Å². The molecular formula is C13H24N2O4. The first-order valence-electron chi connectivity index (χ1n) is 6.56. The van der Waals surface area contributed by atoms with Crippen LogP contribution >= 0.6 is 0 Å². The average molecular weight is 272 g/mol. The van der Waals surface area contributed by atoms with Gasteiger partial charge in [-0.1, -0.05) is 0 Å². The molecule has 0 aliphatic carbocycles. The van der Waals surface area contributed by atoms with E-state index >= 15 is 0 Å². The predicted octanol–water partition coefficient (Wildman–Crippen LogP) is 1.45. The molecule has 1 fully saturated rings. The van der Waals surface area contributed by atoms with Gasteiger partial charge in [0.2, 0.25) is 0 Å². The van der Waals surface area contributed by atoms with Gasteiger partial charge in [0.15, 0.2) is 0 Å². The summed E-state index contributed by atoms with van der Waals surface area (Å²) in [6, 6.07) is 0. The molecule has 0 aromatic carbocycles. The van der Waals surface area contributed by atoms with E-state index in [1.165, 1.54) is 0 Å². The van der Waals surface area contributed by atoms with Crippen molar-refractivity contribution in [2.75, 3.05) is 20.1 Å². The number of rotatable bonds is 3. The molecule has 1 amide bonds. The SMILES string of the molecule is CNC1(CC(=O)O)CCCN(C(=O)OC(C)(C)C)C1. The second-order valence-electron chi connectivity index (χ2n) is 6.11. The van der Waals surface area contributed by atoms with Gasteiger partial charge < -0.3 is 20.1 Å². The standard InChI is InChI=1S/C13H24N2O4/c1-12(2,3)19-11(18)15-7-5-6-13(9-15,14-4)8-10(16)17/h14H,5-9H2,1-4H3,(H,16,17). The lowest BCUT2D eigenvalue weighted by Crippen LogP contribution is -2.58. The van der Waals surface area contributed by atoms with E-state index in [9.17, 15) is 9.59 Å². The second-order valence-corrected chi connectivity index (χ2v) is 6.11. The molecule has 1 unspecified atom stereocenters. The Hall–Kier alpha value is -1.30. The van der Waals surface area contributed by atoms with Crippen molar-refractivity contribution in [1.82, 2.24) is 10.2 Å². The van der Waals surface area contributed by atoms with Crippen molar-refractivity contribution < 1.29 is 19.4 Å². The van der Waals surface area contributed by atoms with Crippen LogP contribution in [-0.4, -0.2) is 53.3 Å². The summed E-state index contributed by atoms with van der Waals surface area (Å²) in [6.45, 7) is 6.43. The van der Waals surface area contributed by atoms with Crippen LogP contribution in [0.4, 0.5) is 4.79 Å². The Morgan fingerprint density at radius 3 is 2.53 bits per heavy atom. The van der Waals surface area contributed by atoms with Crippen LogP contribution in [0.25, 0.3) is 0 Å². The van der Waals surface area contributed by atoms with E-state index in [4.69, 9.17) is 9.84 Å². The minimum Gasteiger partial charge on any atom is -0.481 e. The number of carboxylic acids is 1. The number of piperidine rings is 1. The van der Waals surface area contributed by atoms with E-state index < -0.39 is 17.1 Å². The summed E-state index contributed by atoms with van der Waals surface area (Å²) >= 11 is 0. The highest BCUT2D eigenvalue weighted by Gasteiger charge is 2.38. The van der Waals surface area contributed by atoms with Gasteiger partial charge in [-0.2, -0.15) is 0 Å². The Labute approximate surface area is 114 Å². The van der Waals surface area contributed by atoms with Gasteiger partial charge in [0.25, 0.3) is 0 Å². The van der Waals surface area contributed by atoms with Gasteiger partial charge in [0, 0.05) is 18.6 Å². The molecule has 1 saturated heterocycles. The molecule has 0 aromatic rings. The summed E-state index contributed by atoms with van der Waals surface area (Å²) in [7, 11) is 1.74. The molecule has 6 nitrogen and oxygen atoms in total. The zero-order chi connectivity index (χ0) is 14.7. The van der Waals surface area contributed by atoms with E-state index in [0.717, 1.165) is 12.8 Å². The van der Waals surface area contributed by atoms with Crippen LogP contribution in [0.2, 0.25) is 0 Å². The van der Waals surface area contributed by atoms with Crippen LogP contribution < -0.4 is 5.32 Å². The zero-order valence-corrected chi connectivity index (χ0v) is 12.2. The third kappa shape index (κ3) is 4.70. The monoisotopic (exact) mass is 272 g/mol. The highest BCUT2D eigenvalue weighted by atomic mass is 16.6. The number of carbonyl (C=O) groups is 2. The lowest BCUT2D eigenvalue weighted by molar-refractivity contribution is -0.139. The molecule has 1 aliphatic rings. The number of ether oxygens (including phenoxy) is 1. The summed E-state index contributed by atoms with van der Waals surface area (Å²) in [5.41, 5.74) is -1.09. The molecule has 0 spiro atoms. The molecule has 1 atom stereocenters. The van der Waals surface area contributed by atoms with Gasteiger partial charge in [0.05, 0.1) is 6.42 Å². The summed E-state index contributed by atoms with van der Waals surface area (Å²) in [6.07, 6.45) is 1.14. The topological polar surface area (TPSA) is 78.9 Å². The van der Waals surface area contributed by atoms with Crippen LogP contribution in [0.1, 0.15) is 40.0 Å². The number of likely N-dealkylation sites (tertiary alicyclic amines) is 1. The number of hydrogen-bond acceptors (Lipinski definition) is 4. The zero-order valence-electron chi connectivity index (χ0n) is 12.2. The fraction of sp³-hybridized carbons (Fsp3) is 0.846. The quantitative estimate of drug-likeness (QED) is 0.813. The van der Waals surface area contributed by atoms with Crippen LogP contribution in [0.15, 0.2) is 0 Å². The van der Waals surface area contributed by atoms with E-state index in [2.05, 4.69) is 5.32 Å². The Morgan fingerprint density at radius 2 is 2.05 bits per heavy atom. The van der Waals surface area contributed by atoms with E-state index in [1.807, 2.05) is 20.8 Å². The Kier molecular flexibility index (Phi) is 4.79. The number of amides is 1. The van der Waals surface area contributed by atoms with Crippen LogP contribution in [0.5, 0.6) is 0 Å². The second kappa shape index (κ2) is 5.77. The van der Waals surface area contributed by atoms with Gasteiger partial charge in [0.1, 0.15) is 5.60 Å². The van der Waals surface area contributed by atoms with Crippen molar-refractivity contribution in [3.63, 3.8) is 0 Å². The van der Waals surface area contributed by atoms with Crippen molar-refractivity contribution in [2.24, 2.45) is 0 Å². The molecule has 1 rings (SSSR count). The first-order chi connectivity index (χ1) is 8.67. The molecule has 2 N–H and O–H groups in total. The van der Waals surface area contributed by atoms with Gasteiger partial charge in [-0.15, -0.1) is 0 Å². The van der Waals surface area contributed by atoms with Crippen molar-refractivity contribution in [3.05, 3.63) is 0 Å². The van der Waals surface area contributed by atoms with Gasteiger partial charge in [-0.3, -0.25) is 4.79 Å². The number of carbonyl (C=O) groups excluding carboxylic acids is 1. The van der Waals surface area contributed by atoms with E-state index in [0.29, 0.717) is 13.1 Å². The molecule has 110 valence electrons. The number of nitrogens with zero attached hydrogens (tertiary/aromatic N) is 1. The highest BCUT2D eigenvalue weighted by Crippen LogP contribution is 2.25. The van der Waals surface area contributed by atoms with Crippen molar-refractivity contribution in [2.45, 2.75) is 51.2 Å². The van der Waals surface area contributed by atoms with Gasteiger partial charge in [-0.25, -0.2) is 4.79 Å². The lowest BCUT2D eigenvalue weighted by atomic mass is 9.86. The maximum Gasteiger partial charge on any atom is 0.410 e.